The third-order valence-electron chi connectivity index (χ3n) is 4.32. The highest BCUT2D eigenvalue weighted by Crippen LogP contribution is 2.15. The lowest BCUT2D eigenvalue weighted by Crippen LogP contribution is -2.29. The molecule has 1 aromatic carbocycles. The number of esters is 1. The van der Waals surface area contributed by atoms with E-state index in [1.54, 1.807) is 13.0 Å². The first kappa shape index (κ1) is 20.4. The molecular weight excluding hydrogens is 396 g/mol. The number of H-pyrrole nitrogens is 1. The smallest absolute Gasteiger partial charge is 0.311 e. The number of carbonyl (C=O) groups excluding carboxylic acids is 1. The molecule has 0 fully saturated rings. The second-order valence-electron chi connectivity index (χ2n) is 6.22. The molecule has 148 valence electrons. The molecule has 0 aliphatic carbocycles. The summed E-state index contributed by atoms with van der Waals surface area (Å²) in [5.41, 5.74) is 1.35. The van der Waals surface area contributed by atoms with Gasteiger partial charge in [-0.25, -0.2) is 4.98 Å². The molecule has 0 saturated carbocycles. The van der Waals surface area contributed by atoms with Crippen LogP contribution in [0.2, 0.25) is 0 Å². The molecule has 3 rings (SSSR count). The van der Waals surface area contributed by atoms with E-state index in [2.05, 4.69) is 14.9 Å². The Bertz CT molecular complexity index is 1090. The highest BCUT2D eigenvalue weighted by molar-refractivity contribution is 7.73. The van der Waals surface area contributed by atoms with Crippen LogP contribution in [-0.4, -0.2) is 38.6 Å². The van der Waals surface area contributed by atoms with Gasteiger partial charge in [0.15, 0.2) is 3.95 Å². The van der Waals surface area contributed by atoms with E-state index in [1.807, 2.05) is 35.1 Å². The summed E-state index contributed by atoms with van der Waals surface area (Å²) in [6.07, 6.45) is 0.184. The van der Waals surface area contributed by atoms with E-state index >= 15 is 0 Å². The van der Waals surface area contributed by atoms with E-state index in [0.29, 0.717) is 40.5 Å². The number of fused-ring (bicyclic) bond motifs is 1. The maximum Gasteiger partial charge on any atom is 0.311 e. The summed E-state index contributed by atoms with van der Waals surface area (Å²) in [7, 11) is 0. The van der Waals surface area contributed by atoms with Gasteiger partial charge in [-0.05, 0) is 37.8 Å². The second-order valence-corrected chi connectivity index (χ2v) is 7.72. The minimum atomic E-state index is -0.271. The topological polar surface area (TPSA) is 80.2 Å². The van der Waals surface area contributed by atoms with Crippen molar-refractivity contribution in [3.63, 3.8) is 0 Å². The van der Waals surface area contributed by atoms with Crippen molar-refractivity contribution in [2.75, 3.05) is 13.2 Å². The first-order valence-electron chi connectivity index (χ1n) is 9.05. The molecule has 0 radical (unpaired) electrons. The quantitative estimate of drug-likeness (QED) is 0.447. The number of hydrogen-bond donors (Lipinski definition) is 1. The average molecular weight is 419 g/mol. The largest absolute Gasteiger partial charge is 0.466 e. The van der Waals surface area contributed by atoms with Crippen LogP contribution in [0, 0.1) is 3.95 Å². The Balaban J connectivity index is 1.80. The second kappa shape index (κ2) is 9.22. The lowest BCUT2D eigenvalue weighted by atomic mass is 10.2. The Hall–Kier alpha value is -2.36. The Morgan fingerprint density at radius 1 is 1.36 bits per heavy atom. The summed E-state index contributed by atoms with van der Waals surface area (Å²) in [4.78, 5) is 33.7. The van der Waals surface area contributed by atoms with E-state index in [4.69, 9.17) is 17.0 Å². The maximum atomic E-state index is 12.3. The predicted octanol–water partition coefficient (Wildman–Crippen LogP) is 3.10. The number of benzene rings is 1. The molecule has 0 saturated heterocycles. The summed E-state index contributed by atoms with van der Waals surface area (Å²) >= 11 is 6.86. The van der Waals surface area contributed by atoms with Crippen LogP contribution in [0.15, 0.2) is 34.4 Å². The monoisotopic (exact) mass is 418 g/mol. The summed E-state index contributed by atoms with van der Waals surface area (Å²) < 4.78 is 7.67. The summed E-state index contributed by atoms with van der Waals surface area (Å²) in [6, 6.07) is 7.27. The fraction of sp³-hybridized carbons (Fsp3) is 0.368. The average Bonchev–Trinajstić information content (AvgIpc) is 3.01. The zero-order valence-corrected chi connectivity index (χ0v) is 17.4. The summed E-state index contributed by atoms with van der Waals surface area (Å²) in [5.74, 6) is 0.326. The molecule has 0 aliphatic heterocycles. The molecule has 0 spiro atoms. The van der Waals surface area contributed by atoms with Gasteiger partial charge in [0, 0.05) is 11.1 Å². The van der Waals surface area contributed by atoms with E-state index in [-0.39, 0.29) is 17.9 Å². The lowest BCUT2D eigenvalue weighted by Gasteiger charge is -2.22. The number of hydrogen-bond acceptors (Lipinski definition) is 7. The predicted molar refractivity (Wildman–Crippen MR) is 112 cm³/mol. The maximum absolute atomic E-state index is 12.3. The van der Waals surface area contributed by atoms with Gasteiger partial charge in [-0.2, -0.15) is 0 Å². The molecule has 0 amide bonds. The van der Waals surface area contributed by atoms with Gasteiger partial charge in [-0.3, -0.25) is 14.5 Å². The Labute approximate surface area is 171 Å². The summed E-state index contributed by atoms with van der Waals surface area (Å²) in [6.45, 7) is 5.87. The fourth-order valence-corrected chi connectivity index (χ4v) is 3.96. The van der Waals surface area contributed by atoms with E-state index < -0.39 is 0 Å². The first-order valence-corrected chi connectivity index (χ1v) is 10.3. The molecule has 28 heavy (non-hydrogen) atoms. The van der Waals surface area contributed by atoms with Gasteiger partial charge >= 0.3 is 5.97 Å². The summed E-state index contributed by atoms with van der Waals surface area (Å²) in [5, 5.41) is 2.47. The number of nitrogens with one attached hydrogen (secondary N) is 1. The van der Waals surface area contributed by atoms with Crippen LogP contribution < -0.4 is 5.56 Å². The third-order valence-corrected chi connectivity index (χ3v) is 5.64. The minimum Gasteiger partial charge on any atom is -0.466 e. The van der Waals surface area contributed by atoms with Gasteiger partial charge in [0.1, 0.15) is 5.82 Å². The first-order chi connectivity index (χ1) is 13.5. The SMILES string of the molecule is CCOC(=O)Cc1csc(=S)n1CN(CC)Cc1nc2ccccc2c(=O)[nH]1. The van der Waals surface area contributed by atoms with Gasteiger partial charge in [-0.1, -0.05) is 19.1 Å². The van der Waals surface area contributed by atoms with Gasteiger partial charge in [0.25, 0.3) is 5.56 Å². The van der Waals surface area contributed by atoms with Crippen LogP contribution in [0.25, 0.3) is 10.9 Å². The third kappa shape index (κ3) is 4.73. The van der Waals surface area contributed by atoms with E-state index in [9.17, 15) is 9.59 Å². The Morgan fingerprint density at radius 3 is 2.89 bits per heavy atom. The number of ether oxygens (including phenoxy) is 1. The van der Waals surface area contributed by atoms with E-state index in [1.165, 1.54) is 11.3 Å². The van der Waals surface area contributed by atoms with Gasteiger partial charge in [0.05, 0.1) is 37.1 Å². The van der Waals surface area contributed by atoms with Crippen LogP contribution in [0.1, 0.15) is 25.4 Å². The molecule has 2 aromatic heterocycles. The number of aromatic nitrogens is 3. The molecular formula is C19H22N4O3S2. The fourth-order valence-electron chi connectivity index (χ4n) is 2.89. The number of thiazole rings is 1. The van der Waals surface area contributed by atoms with Crippen molar-refractivity contribution in [1.82, 2.24) is 19.4 Å². The van der Waals surface area contributed by atoms with Gasteiger partial charge in [0.2, 0.25) is 0 Å². The number of carbonyl (C=O) groups is 1. The van der Waals surface area contributed by atoms with E-state index in [0.717, 1.165) is 12.2 Å². The van der Waals surface area contributed by atoms with Crippen molar-refractivity contribution >= 4 is 40.4 Å². The van der Waals surface area contributed by atoms with Crippen molar-refractivity contribution in [3.8, 4) is 0 Å². The number of nitrogens with zero attached hydrogens (tertiary/aromatic N) is 3. The molecule has 9 heteroatoms. The Kier molecular flexibility index (Phi) is 6.71. The zero-order valence-electron chi connectivity index (χ0n) is 15.8. The molecule has 3 aromatic rings. The van der Waals surface area contributed by atoms with Crippen LogP contribution in [-0.2, 0) is 29.2 Å². The molecule has 0 bridgehead atoms. The van der Waals surface area contributed by atoms with Crippen LogP contribution in [0.3, 0.4) is 0 Å². The van der Waals surface area contributed by atoms with Crippen molar-refractivity contribution in [1.29, 1.82) is 0 Å². The number of aromatic amines is 1. The number of rotatable bonds is 8. The normalized spacial score (nSPS) is 11.2. The van der Waals surface area contributed by atoms with Crippen molar-refractivity contribution in [3.05, 3.63) is 55.5 Å². The number of para-hydroxylation sites is 1. The molecule has 0 aliphatic rings. The Morgan fingerprint density at radius 2 is 2.14 bits per heavy atom. The van der Waals surface area contributed by atoms with Crippen LogP contribution in [0.5, 0.6) is 0 Å². The van der Waals surface area contributed by atoms with Crippen LogP contribution in [0.4, 0.5) is 0 Å². The molecule has 1 N–H and O–H groups in total. The highest BCUT2D eigenvalue weighted by Gasteiger charge is 2.14. The van der Waals surface area contributed by atoms with Crippen molar-refractivity contribution in [2.45, 2.75) is 33.5 Å². The van der Waals surface area contributed by atoms with Gasteiger partial charge < -0.3 is 14.3 Å². The van der Waals surface area contributed by atoms with Crippen LogP contribution >= 0.6 is 23.6 Å². The van der Waals surface area contributed by atoms with Gasteiger partial charge in [-0.15, -0.1) is 11.3 Å². The molecule has 0 unspecified atom stereocenters. The van der Waals surface area contributed by atoms with Crippen molar-refractivity contribution < 1.29 is 9.53 Å². The molecule has 0 atom stereocenters. The molecule has 2 heterocycles. The minimum absolute atomic E-state index is 0.146. The molecule has 7 nitrogen and oxygen atoms in total. The highest BCUT2D eigenvalue weighted by atomic mass is 32.1. The van der Waals surface area contributed by atoms with Crippen molar-refractivity contribution in [2.24, 2.45) is 0 Å². The lowest BCUT2D eigenvalue weighted by molar-refractivity contribution is -0.142. The zero-order chi connectivity index (χ0) is 20.1. The standard InChI is InChI=1S/C19H22N4O3S2/c1-3-22(10-16-20-15-8-6-5-7-14(15)18(25)21-16)12-23-13(11-28-19(23)27)9-17(24)26-4-2/h5-8,11H,3-4,9-10,12H2,1-2H3,(H,20,21,25).